The van der Waals surface area contributed by atoms with Gasteiger partial charge in [0.25, 0.3) is 0 Å². The van der Waals surface area contributed by atoms with Gasteiger partial charge in [-0.25, -0.2) is 9.37 Å². The molecule has 0 aliphatic heterocycles. The topological polar surface area (TPSA) is 38.9 Å². The predicted octanol–water partition coefficient (Wildman–Crippen LogP) is 3.03. The standard InChI is InChI=1S/C13H13FN2/c1-2-12-11(6-7-13(15)16-12)9-4-3-5-10(14)8-9/h3-8H,2H2,1H3,(H2,15,16). The molecule has 0 amide bonds. The first-order valence-electron chi connectivity index (χ1n) is 5.22. The highest BCUT2D eigenvalue weighted by Crippen LogP contribution is 2.24. The third kappa shape index (κ3) is 2.03. The molecule has 0 aliphatic rings. The van der Waals surface area contributed by atoms with Crippen LogP contribution >= 0.6 is 0 Å². The first-order valence-corrected chi connectivity index (χ1v) is 5.22. The summed E-state index contributed by atoms with van der Waals surface area (Å²) in [4.78, 5) is 4.25. The van der Waals surface area contributed by atoms with Gasteiger partial charge in [0.15, 0.2) is 0 Å². The molecule has 0 bridgehead atoms. The van der Waals surface area contributed by atoms with Crippen molar-refractivity contribution in [2.24, 2.45) is 0 Å². The zero-order chi connectivity index (χ0) is 11.5. The quantitative estimate of drug-likeness (QED) is 0.838. The van der Waals surface area contributed by atoms with Crippen LogP contribution in [0.15, 0.2) is 36.4 Å². The van der Waals surface area contributed by atoms with Crippen LogP contribution in [-0.2, 0) is 6.42 Å². The molecule has 0 fully saturated rings. The van der Waals surface area contributed by atoms with Crippen LogP contribution in [-0.4, -0.2) is 4.98 Å². The molecule has 0 saturated carbocycles. The second-order valence-corrected chi connectivity index (χ2v) is 3.59. The molecule has 1 heterocycles. The van der Waals surface area contributed by atoms with E-state index in [1.165, 1.54) is 12.1 Å². The number of nitrogens with two attached hydrogens (primary N) is 1. The largest absolute Gasteiger partial charge is 0.384 e. The summed E-state index contributed by atoms with van der Waals surface area (Å²) in [5.74, 6) is 0.258. The Morgan fingerprint density at radius 2 is 2.06 bits per heavy atom. The fraction of sp³-hybridized carbons (Fsp3) is 0.154. The van der Waals surface area contributed by atoms with Gasteiger partial charge in [0, 0.05) is 5.56 Å². The molecular weight excluding hydrogens is 203 g/mol. The Bertz CT molecular complexity index is 509. The van der Waals surface area contributed by atoms with Gasteiger partial charge in [0.1, 0.15) is 11.6 Å². The molecule has 2 nitrogen and oxygen atoms in total. The predicted molar refractivity (Wildman–Crippen MR) is 63.4 cm³/mol. The number of hydrogen-bond acceptors (Lipinski definition) is 2. The molecule has 0 atom stereocenters. The number of nitrogens with zero attached hydrogens (tertiary/aromatic N) is 1. The molecule has 16 heavy (non-hydrogen) atoms. The lowest BCUT2D eigenvalue weighted by Gasteiger charge is -2.08. The van der Waals surface area contributed by atoms with Gasteiger partial charge in [0.05, 0.1) is 5.69 Å². The fourth-order valence-electron chi connectivity index (χ4n) is 1.71. The Morgan fingerprint density at radius 3 is 2.75 bits per heavy atom. The van der Waals surface area contributed by atoms with Gasteiger partial charge < -0.3 is 5.73 Å². The van der Waals surface area contributed by atoms with E-state index in [-0.39, 0.29) is 5.82 Å². The molecule has 2 rings (SSSR count). The van der Waals surface area contributed by atoms with Crippen molar-refractivity contribution in [1.29, 1.82) is 0 Å². The second kappa shape index (κ2) is 4.31. The summed E-state index contributed by atoms with van der Waals surface area (Å²) in [5.41, 5.74) is 8.30. The summed E-state index contributed by atoms with van der Waals surface area (Å²) in [5, 5.41) is 0. The molecule has 82 valence electrons. The Hall–Kier alpha value is -1.90. The summed E-state index contributed by atoms with van der Waals surface area (Å²) in [6.07, 6.45) is 0.775. The monoisotopic (exact) mass is 216 g/mol. The summed E-state index contributed by atoms with van der Waals surface area (Å²) in [6, 6.07) is 10.1. The number of aromatic nitrogens is 1. The van der Waals surface area contributed by atoms with Gasteiger partial charge in [0.2, 0.25) is 0 Å². The second-order valence-electron chi connectivity index (χ2n) is 3.59. The van der Waals surface area contributed by atoms with E-state index < -0.39 is 0 Å². The average Bonchev–Trinajstić information content (AvgIpc) is 2.28. The van der Waals surface area contributed by atoms with E-state index in [2.05, 4.69) is 4.98 Å². The van der Waals surface area contributed by atoms with Crippen molar-refractivity contribution in [3.8, 4) is 11.1 Å². The summed E-state index contributed by atoms with van der Waals surface area (Å²) >= 11 is 0. The van der Waals surface area contributed by atoms with Crippen molar-refractivity contribution in [3.05, 3.63) is 47.9 Å². The number of benzene rings is 1. The molecular formula is C13H13FN2. The van der Waals surface area contributed by atoms with E-state index in [0.717, 1.165) is 23.2 Å². The number of aryl methyl sites for hydroxylation is 1. The maximum Gasteiger partial charge on any atom is 0.123 e. The minimum Gasteiger partial charge on any atom is -0.384 e. The van der Waals surface area contributed by atoms with E-state index in [1.54, 1.807) is 12.1 Å². The Kier molecular flexibility index (Phi) is 2.86. The Balaban J connectivity index is 2.55. The van der Waals surface area contributed by atoms with Gasteiger partial charge in [-0.2, -0.15) is 0 Å². The third-order valence-corrected chi connectivity index (χ3v) is 2.47. The number of hydrogen-bond donors (Lipinski definition) is 1. The van der Waals surface area contributed by atoms with Crippen molar-refractivity contribution in [1.82, 2.24) is 4.98 Å². The minimum atomic E-state index is -0.239. The number of pyridine rings is 1. The molecule has 2 N–H and O–H groups in total. The molecule has 0 aliphatic carbocycles. The lowest BCUT2D eigenvalue weighted by molar-refractivity contribution is 0.628. The molecule has 2 aromatic rings. The SMILES string of the molecule is CCc1nc(N)ccc1-c1cccc(F)c1. The van der Waals surface area contributed by atoms with Gasteiger partial charge in [-0.15, -0.1) is 0 Å². The van der Waals surface area contributed by atoms with E-state index in [9.17, 15) is 4.39 Å². The van der Waals surface area contributed by atoms with E-state index in [0.29, 0.717) is 5.82 Å². The van der Waals surface area contributed by atoms with E-state index >= 15 is 0 Å². The number of halogens is 1. The van der Waals surface area contributed by atoms with Gasteiger partial charge in [-0.1, -0.05) is 19.1 Å². The smallest absolute Gasteiger partial charge is 0.123 e. The molecule has 0 saturated heterocycles. The number of anilines is 1. The Morgan fingerprint density at radius 1 is 1.25 bits per heavy atom. The van der Waals surface area contributed by atoms with Gasteiger partial charge >= 0.3 is 0 Å². The van der Waals surface area contributed by atoms with Crippen LogP contribution in [0.25, 0.3) is 11.1 Å². The summed E-state index contributed by atoms with van der Waals surface area (Å²) in [7, 11) is 0. The lowest BCUT2D eigenvalue weighted by atomic mass is 10.0. The normalized spacial score (nSPS) is 10.4. The van der Waals surface area contributed by atoms with E-state index in [1.807, 2.05) is 19.1 Å². The van der Waals surface area contributed by atoms with Crippen LogP contribution < -0.4 is 5.73 Å². The van der Waals surface area contributed by atoms with Crippen LogP contribution in [0.1, 0.15) is 12.6 Å². The zero-order valence-electron chi connectivity index (χ0n) is 9.07. The summed E-state index contributed by atoms with van der Waals surface area (Å²) in [6.45, 7) is 2.00. The highest BCUT2D eigenvalue weighted by atomic mass is 19.1. The van der Waals surface area contributed by atoms with Crippen LogP contribution in [0.5, 0.6) is 0 Å². The van der Waals surface area contributed by atoms with Crippen molar-refractivity contribution in [2.75, 3.05) is 5.73 Å². The molecule has 0 unspecified atom stereocenters. The molecule has 1 aromatic heterocycles. The average molecular weight is 216 g/mol. The van der Waals surface area contributed by atoms with Crippen molar-refractivity contribution >= 4 is 5.82 Å². The van der Waals surface area contributed by atoms with Crippen LogP contribution in [0.3, 0.4) is 0 Å². The molecule has 0 radical (unpaired) electrons. The van der Waals surface area contributed by atoms with Crippen LogP contribution in [0.2, 0.25) is 0 Å². The Labute approximate surface area is 93.9 Å². The van der Waals surface area contributed by atoms with Gasteiger partial charge in [-0.3, -0.25) is 0 Å². The lowest BCUT2D eigenvalue weighted by Crippen LogP contribution is -1.97. The fourth-order valence-corrected chi connectivity index (χ4v) is 1.71. The first-order chi connectivity index (χ1) is 7.70. The van der Waals surface area contributed by atoms with Crippen molar-refractivity contribution in [3.63, 3.8) is 0 Å². The van der Waals surface area contributed by atoms with Gasteiger partial charge in [-0.05, 0) is 36.2 Å². The highest BCUT2D eigenvalue weighted by molar-refractivity contribution is 5.67. The number of rotatable bonds is 2. The molecule has 1 aromatic carbocycles. The first kappa shape index (κ1) is 10.6. The maximum atomic E-state index is 13.1. The highest BCUT2D eigenvalue weighted by Gasteiger charge is 2.06. The number of nitrogen functional groups attached to an aromatic ring is 1. The van der Waals surface area contributed by atoms with Crippen LogP contribution in [0.4, 0.5) is 10.2 Å². The van der Waals surface area contributed by atoms with E-state index in [4.69, 9.17) is 5.73 Å². The zero-order valence-corrected chi connectivity index (χ0v) is 9.07. The molecule has 0 spiro atoms. The maximum absolute atomic E-state index is 13.1. The minimum absolute atomic E-state index is 0.239. The van der Waals surface area contributed by atoms with Crippen molar-refractivity contribution in [2.45, 2.75) is 13.3 Å². The summed E-state index contributed by atoms with van der Waals surface area (Å²) < 4.78 is 13.1. The van der Waals surface area contributed by atoms with Crippen molar-refractivity contribution < 1.29 is 4.39 Å². The van der Waals surface area contributed by atoms with Crippen LogP contribution in [0, 0.1) is 5.82 Å². The molecule has 3 heteroatoms. The third-order valence-electron chi connectivity index (χ3n) is 2.47.